The minimum absolute atomic E-state index is 0.216. The Balaban J connectivity index is 2.14. The van der Waals surface area contributed by atoms with Crippen molar-refractivity contribution in [1.29, 1.82) is 0 Å². The summed E-state index contributed by atoms with van der Waals surface area (Å²) in [5.74, 6) is 0.880. The predicted molar refractivity (Wildman–Crippen MR) is 82.3 cm³/mol. The smallest absolute Gasteiger partial charge is 0.252 e. The highest BCUT2D eigenvalue weighted by atomic mass is 32.2. The average molecular weight is 305 g/mol. The number of halogens is 1. The van der Waals surface area contributed by atoms with E-state index in [1.54, 1.807) is 14.2 Å². The number of benzene rings is 2. The molecule has 0 aromatic heterocycles. The Hall–Kier alpha value is -2.01. The van der Waals surface area contributed by atoms with Gasteiger partial charge in [0.05, 0.1) is 12.7 Å². The lowest BCUT2D eigenvalue weighted by Gasteiger charge is -2.09. The number of methoxy groups -OCH3 is 1. The number of carbonyl (C=O) groups excluding carboxylic acids is 1. The molecule has 21 heavy (non-hydrogen) atoms. The quantitative estimate of drug-likeness (QED) is 0.859. The van der Waals surface area contributed by atoms with Crippen molar-refractivity contribution in [3.8, 4) is 5.75 Å². The van der Waals surface area contributed by atoms with Crippen LogP contribution in [0.4, 0.5) is 4.39 Å². The first kappa shape index (κ1) is 15.4. The number of hydrogen-bond acceptors (Lipinski definition) is 3. The summed E-state index contributed by atoms with van der Waals surface area (Å²) in [4.78, 5) is 12.4. The lowest BCUT2D eigenvalue weighted by Crippen LogP contribution is -2.18. The van der Waals surface area contributed by atoms with Crippen LogP contribution in [-0.2, 0) is 5.75 Å². The van der Waals surface area contributed by atoms with Gasteiger partial charge in [-0.1, -0.05) is 12.1 Å². The van der Waals surface area contributed by atoms with E-state index < -0.39 is 0 Å². The second-order valence-corrected chi connectivity index (χ2v) is 5.37. The third kappa shape index (κ3) is 3.98. The van der Waals surface area contributed by atoms with Gasteiger partial charge in [-0.2, -0.15) is 0 Å². The number of hydrogen-bond donors (Lipinski definition) is 1. The summed E-state index contributed by atoms with van der Waals surface area (Å²) in [5, 5.41) is 2.56. The fraction of sp³-hybridized carbons (Fsp3) is 0.188. The largest absolute Gasteiger partial charge is 0.497 e. The summed E-state index contributed by atoms with van der Waals surface area (Å²) in [7, 11) is 3.18. The minimum atomic E-state index is -0.347. The van der Waals surface area contributed by atoms with Crippen LogP contribution < -0.4 is 10.1 Å². The SMILES string of the molecule is CNC(=O)c1ccc(F)cc1SCc1ccc(OC)cc1. The third-order valence-corrected chi connectivity index (χ3v) is 4.10. The molecule has 0 saturated heterocycles. The van der Waals surface area contributed by atoms with Crippen LogP contribution in [0.25, 0.3) is 0 Å². The normalized spacial score (nSPS) is 10.2. The van der Waals surface area contributed by atoms with E-state index in [0.29, 0.717) is 16.2 Å². The van der Waals surface area contributed by atoms with Crippen LogP contribution in [0.1, 0.15) is 15.9 Å². The van der Waals surface area contributed by atoms with Crippen molar-refractivity contribution in [1.82, 2.24) is 5.32 Å². The van der Waals surface area contributed by atoms with Gasteiger partial charge in [0.15, 0.2) is 0 Å². The number of carbonyl (C=O) groups is 1. The van der Waals surface area contributed by atoms with Gasteiger partial charge >= 0.3 is 0 Å². The maximum absolute atomic E-state index is 13.4. The van der Waals surface area contributed by atoms with Crippen molar-refractivity contribution in [2.24, 2.45) is 0 Å². The molecule has 3 nitrogen and oxygen atoms in total. The van der Waals surface area contributed by atoms with Crippen LogP contribution in [0.5, 0.6) is 5.75 Å². The van der Waals surface area contributed by atoms with Crippen molar-refractivity contribution in [2.75, 3.05) is 14.2 Å². The molecule has 0 fully saturated rings. The van der Waals surface area contributed by atoms with Gasteiger partial charge in [0.25, 0.3) is 5.91 Å². The van der Waals surface area contributed by atoms with Crippen LogP contribution in [0.3, 0.4) is 0 Å². The van der Waals surface area contributed by atoms with Crippen LogP contribution in [0.15, 0.2) is 47.4 Å². The molecule has 2 aromatic rings. The van der Waals surface area contributed by atoms with Crippen LogP contribution in [0, 0.1) is 5.82 Å². The van der Waals surface area contributed by atoms with Gasteiger partial charge in [0.1, 0.15) is 11.6 Å². The van der Waals surface area contributed by atoms with Crippen molar-refractivity contribution in [3.05, 3.63) is 59.4 Å². The molecule has 1 amide bonds. The molecule has 0 spiro atoms. The van der Waals surface area contributed by atoms with E-state index in [9.17, 15) is 9.18 Å². The molecule has 0 aliphatic rings. The first-order valence-corrected chi connectivity index (χ1v) is 7.40. The Morgan fingerprint density at radius 2 is 1.95 bits per heavy atom. The molecule has 0 aliphatic carbocycles. The molecule has 0 unspecified atom stereocenters. The van der Waals surface area contributed by atoms with E-state index in [4.69, 9.17) is 4.74 Å². The van der Waals surface area contributed by atoms with Crippen molar-refractivity contribution >= 4 is 17.7 Å². The van der Waals surface area contributed by atoms with Gasteiger partial charge in [0.2, 0.25) is 0 Å². The highest BCUT2D eigenvalue weighted by Crippen LogP contribution is 2.28. The molecule has 2 aromatic carbocycles. The van der Waals surface area contributed by atoms with E-state index in [2.05, 4.69) is 5.32 Å². The standard InChI is InChI=1S/C16H16FNO2S/c1-18-16(19)14-8-5-12(17)9-15(14)21-10-11-3-6-13(20-2)7-4-11/h3-9H,10H2,1-2H3,(H,18,19). The van der Waals surface area contributed by atoms with E-state index in [1.165, 1.54) is 30.0 Å². The minimum Gasteiger partial charge on any atom is -0.497 e. The van der Waals surface area contributed by atoms with E-state index in [0.717, 1.165) is 11.3 Å². The topological polar surface area (TPSA) is 38.3 Å². The molecule has 0 heterocycles. The van der Waals surface area contributed by atoms with Crippen LogP contribution >= 0.6 is 11.8 Å². The van der Waals surface area contributed by atoms with Gasteiger partial charge in [-0.3, -0.25) is 4.79 Å². The average Bonchev–Trinajstić information content (AvgIpc) is 2.52. The number of nitrogens with one attached hydrogen (secondary N) is 1. The maximum atomic E-state index is 13.4. The molecule has 110 valence electrons. The van der Waals surface area contributed by atoms with Crippen LogP contribution in [0.2, 0.25) is 0 Å². The second kappa shape index (κ2) is 7.13. The first-order valence-electron chi connectivity index (χ1n) is 6.41. The van der Waals surface area contributed by atoms with Gasteiger partial charge in [0, 0.05) is 17.7 Å². The number of amides is 1. The summed E-state index contributed by atoms with van der Waals surface area (Å²) >= 11 is 1.43. The number of ether oxygens (including phenoxy) is 1. The fourth-order valence-corrected chi connectivity index (χ4v) is 2.85. The highest BCUT2D eigenvalue weighted by Gasteiger charge is 2.11. The van der Waals surface area contributed by atoms with Gasteiger partial charge in [-0.05, 0) is 35.9 Å². The van der Waals surface area contributed by atoms with Gasteiger partial charge < -0.3 is 10.1 Å². The summed E-state index contributed by atoms with van der Waals surface area (Å²) in [6, 6.07) is 11.8. The zero-order chi connectivity index (χ0) is 15.2. The highest BCUT2D eigenvalue weighted by molar-refractivity contribution is 7.98. The zero-order valence-electron chi connectivity index (χ0n) is 11.9. The molecular weight excluding hydrogens is 289 g/mol. The predicted octanol–water partition coefficient (Wildman–Crippen LogP) is 3.49. The van der Waals surface area contributed by atoms with Crippen molar-refractivity contribution in [2.45, 2.75) is 10.6 Å². The number of rotatable bonds is 5. The summed E-state index contributed by atoms with van der Waals surface area (Å²) in [5.41, 5.74) is 1.56. The molecule has 0 atom stereocenters. The Labute approximate surface area is 127 Å². The van der Waals surface area contributed by atoms with Crippen molar-refractivity contribution < 1.29 is 13.9 Å². The van der Waals surface area contributed by atoms with E-state index >= 15 is 0 Å². The zero-order valence-corrected chi connectivity index (χ0v) is 12.7. The van der Waals surface area contributed by atoms with Gasteiger partial charge in [-0.25, -0.2) is 4.39 Å². The molecule has 2 rings (SSSR count). The first-order chi connectivity index (χ1) is 10.1. The third-order valence-electron chi connectivity index (χ3n) is 2.97. The monoisotopic (exact) mass is 305 g/mol. The molecule has 1 N–H and O–H groups in total. The lowest BCUT2D eigenvalue weighted by atomic mass is 10.2. The fourth-order valence-electron chi connectivity index (χ4n) is 1.82. The summed E-state index contributed by atoms with van der Waals surface area (Å²) in [6.07, 6.45) is 0. The molecule has 0 radical (unpaired) electrons. The Bertz CT molecular complexity index is 629. The molecule has 0 saturated carbocycles. The maximum Gasteiger partial charge on any atom is 0.252 e. The second-order valence-electron chi connectivity index (χ2n) is 4.36. The van der Waals surface area contributed by atoms with Gasteiger partial charge in [-0.15, -0.1) is 11.8 Å². The molecule has 0 bridgehead atoms. The van der Waals surface area contributed by atoms with Crippen molar-refractivity contribution in [3.63, 3.8) is 0 Å². The lowest BCUT2D eigenvalue weighted by molar-refractivity contribution is 0.0960. The van der Waals surface area contributed by atoms with E-state index in [1.807, 2.05) is 24.3 Å². The molecular formula is C16H16FNO2S. The Kier molecular flexibility index (Phi) is 5.22. The molecule has 5 heteroatoms. The Morgan fingerprint density at radius 3 is 2.57 bits per heavy atom. The summed E-state index contributed by atoms with van der Waals surface area (Å²) < 4.78 is 18.5. The molecule has 0 aliphatic heterocycles. The summed E-state index contributed by atoms with van der Waals surface area (Å²) in [6.45, 7) is 0. The number of thioether (sulfide) groups is 1. The van der Waals surface area contributed by atoms with Crippen LogP contribution in [-0.4, -0.2) is 20.1 Å². The Morgan fingerprint density at radius 1 is 1.24 bits per heavy atom. The van der Waals surface area contributed by atoms with E-state index in [-0.39, 0.29) is 11.7 Å².